The molecule has 0 unspecified atom stereocenters. The number of carbonyl (C=O) groups is 3. The van der Waals surface area contributed by atoms with Gasteiger partial charge in [0.25, 0.3) is 5.91 Å². The van der Waals surface area contributed by atoms with E-state index in [-0.39, 0.29) is 12.0 Å². The van der Waals surface area contributed by atoms with Crippen molar-refractivity contribution < 1.29 is 42.1 Å². The number of amides is 1. The van der Waals surface area contributed by atoms with Crippen molar-refractivity contribution in [1.29, 1.82) is 0 Å². The average molecular weight is 521 g/mol. The van der Waals surface area contributed by atoms with E-state index in [1.54, 1.807) is 45.0 Å². The molecule has 1 amide bonds. The Kier molecular flexibility index (Phi) is 7.97. The van der Waals surface area contributed by atoms with Crippen molar-refractivity contribution in [1.82, 2.24) is 9.88 Å². The first kappa shape index (κ1) is 27.7. The number of fused-ring (bicyclic) bond motifs is 1. The largest absolute Gasteiger partial charge is 0.467 e. The van der Waals surface area contributed by atoms with Gasteiger partial charge < -0.3 is 19.9 Å². The molecule has 0 fully saturated rings. The molecule has 8 nitrogen and oxygen atoms in total. The summed E-state index contributed by atoms with van der Waals surface area (Å²) in [5, 5.41) is 13.4. The van der Waals surface area contributed by atoms with E-state index < -0.39 is 47.5 Å². The third-order valence-electron chi connectivity index (χ3n) is 5.41. The molecular formula is C26H27F3N2O6. The van der Waals surface area contributed by atoms with Crippen molar-refractivity contribution in [2.24, 2.45) is 0 Å². The standard InChI is InChI=1S/C26H27F3N2O6/c1-25(2,3)37-24(35)31-14-16(18-7-5-6-8-20(18)31)13-19(23(34)36-4)30-22(33)21(32)15-9-11-17(12-10-15)26(27,28)29/h5-12,14,19,21,32H,13H2,1-4H3,(H,30,33)/t19-,21-/m1/s1. The summed E-state index contributed by atoms with van der Waals surface area (Å²) in [4.78, 5) is 37.9. The Labute approximate surface area is 211 Å². The fourth-order valence-electron chi connectivity index (χ4n) is 3.69. The van der Waals surface area contributed by atoms with Crippen molar-refractivity contribution in [3.63, 3.8) is 0 Å². The van der Waals surface area contributed by atoms with Gasteiger partial charge in [-0.2, -0.15) is 13.2 Å². The number of hydrogen-bond acceptors (Lipinski definition) is 6. The number of esters is 1. The molecule has 2 aromatic carbocycles. The molecule has 2 atom stereocenters. The van der Waals surface area contributed by atoms with Gasteiger partial charge in [0.05, 0.1) is 18.2 Å². The molecule has 0 aliphatic carbocycles. The van der Waals surface area contributed by atoms with E-state index in [2.05, 4.69) is 5.32 Å². The first-order valence-electron chi connectivity index (χ1n) is 11.3. The van der Waals surface area contributed by atoms with E-state index in [1.165, 1.54) is 10.8 Å². The van der Waals surface area contributed by atoms with E-state index >= 15 is 0 Å². The number of rotatable bonds is 6. The van der Waals surface area contributed by atoms with Crippen molar-refractivity contribution in [3.05, 3.63) is 71.4 Å². The van der Waals surface area contributed by atoms with Crippen LogP contribution in [0.3, 0.4) is 0 Å². The van der Waals surface area contributed by atoms with Gasteiger partial charge in [-0.05, 0) is 50.1 Å². The summed E-state index contributed by atoms with van der Waals surface area (Å²) in [5.74, 6) is -1.83. The molecule has 0 radical (unpaired) electrons. The summed E-state index contributed by atoms with van der Waals surface area (Å²) in [6.07, 6.45) is -5.65. The Hall–Kier alpha value is -3.86. The van der Waals surface area contributed by atoms with E-state index in [4.69, 9.17) is 9.47 Å². The number of aliphatic hydroxyl groups is 1. The lowest BCUT2D eigenvalue weighted by Crippen LogP contribution is -2.45. The molecule has 0 spiro atoms. The summed E-state index contributed by atoms with van der Waals surface area (Å²) in [5.41, 5.74) is -0.736. The van der Waals surface area contributed by atoms with Crippen LogP contribution in [-0.2, 0) is 31.7 Å². The first-order chi connectivity index (χ1) is 17.2. The Balaban J connectivity index is 1.86. The Bertz CT molecular complexity index is 1290. The molecule has 3 rings (SSSR count). The number of aromatic nitrogens is 1. The molecule has 1 heterocycles. The number of hydrogen-bond donors (Lipinski definition) is 2. The predicted octanol–water partition coefficient (Wildman–Crippen LogP) is 4.38. The van der Waals surface area contributed by atoms with Gasteiger partial charge in [-0.3, -0.25) is 9.36 Å². The minimum atomic E-state index is -4.57. The monoisotopic (exact) mass is 520 g/mol. The molecule has 0 saturated heterocycles. The van der Waals surface area contributed by atoms with Gasteiger partial charge in [-0.15, -0.1) is 0 Å². The number of nitrogens with zero attached hydrogens (tertiary/aromatic N) is 1. The van der Waals surface area contributed by atoms with Gasteiger partial charge in [0.2, 0.25) is 0 Å². The molecule has 37 heavy (non-hydrogen) atoms. The maximum Gasteiger partial charge on any atom is 0.419 e. The highest BCUT2D eigenvalue weighted by Gasteiger charge is 2.32. The van der Waals surface area contributed by atoms with E-state index in [0.29, 0.717) is 16.5 Å². The second kappa shape index (κ2) is 10.6. The lowest BCUT2D eigenvalue weighted by molar-refractivity contribution is -0.146. The summed E-state index contributed by atoms with van der Waals surface area (Å²) in [7, 11) is 1.12. The van der Waals surface area contributed by atoms with E-state index in [9.17, 15) is 32.7 Å². The number of aliphatic hydroxyl groups excluding tert-OH is 1. The SMILES string of the molecule is COC(=O)[C@@H](Cc1cn(C(=O)OC(C)(C)C)c2ccccc12)NC(=O)[C@H](O)c1ccc(C(F)(F)F)cc1. The van der Waals surface area contributed by atoms with Crippen molar-refractivity contribution in [2.45, 2.75) is 51.1 Å². The van der Waals surface area contributed by atoms with Gasteiger partial charge in [0.1, 0.15) is 11.6 Å². The number of ether oxygens (including phenoxy) is 2. The van der Waals surface area contributed by atoms with Crippen molar-refractivity contribution in [3.8, 4) is 0 Å². The van der Waals surface area contributed by atoms with Crippen LogP contribution in [-0.4, -0.2) is 46.4 Å². The van der Waals surface area contributed by atoms with Crippen LogP contribution in [0.4, 0.5) is 18.0 Å². The number of halogens is 3. The lowest BCUT2D eigenvalue weighted by Gasteiger charge is -2.20. The normalized spacial score (nSPS) is 13.6. The van der Waals surface area contributed by atoms with Gasteiger partial charge in [-0.1, -0.05) is 30.3 Å². The van der Waals surface area contributed by atoms with Crippen LogP contribution in [0, 0.1) is 0 Å². The van der Waals surface area contributed by atoms with E-state index in [0.717, 1.165) is 31.4 Å². The third kappa shape index (κ3) is 6.67. The fourth-order valence-corrected chi connectivity index (χ4v) is 3.69. The zero-order valence-electron chi connectivity index (χ0n) is 20.6. The molecule has 11 heteroatoms. The summed E-state index contributed by atoms with van der Waals surface area (Å²) < 4.78 is 50.0. The smallest absolute Gasteiger partial charge is 0.419 e. The number of benzene rings is 2. The van der Waals surface area contributed by atoms with Gasteiger partial charge >= 0.3 is 18.2 Å². The minimum absolute atomic E-state index is 0.0874. The number of alkyl halides is 3. The minimum Gasteiger partial charge on any atom is -0.467 e. The first-order valence-corrected chi connectivity index (χ1v) is 11.3. The highest BCUT2D eigenvalue weighted by atomic mass is 19.4. The molecule has 1 aromatic heterocycles. The van der Waals surface area contributed by atoms with Crippen molar-refractivity contribution in [2.75, 3.05) is 7.11 Å². The average Bonchev–Trinajstić information content (AvgIpc) is 3.19. The molecule has 0 aliphatic rings. The van der Waals surface area contributed by atoms with Crippen LogP contribution in [0.1, 0.15) is 43.6 Å². The molecular weight excluding hydrogens is 493 g/mol. The van der Waals surface area contributed by atoms with Crippen LogP contribution in [0.5, 0.6) is 0 Å². The maximum absolute atomic E-state index is 12.8. The van der Waals surface area contributed by atoms with Crippen LogP contribution in [0.15, 0.2) is 54.7 Å². The fraction of sp³-hybridized carbons (Fsp3) is 0.346. The second-order valence-electron chi connectivity index (χ2n) is 9.33. The molecule has 2 N–H and O–H groups in total. The Morgan fingerprint density at radius 2 is 1.65 bits per heavy atom. The van der Waals surface area contributed by atoms with Gasteiger partial charge in [0, 0.05) is 18.0 Å². The molecule has 198 valence electrons. The number of nitrogens with one attached hydrogen (secondary N) is 1. The highest BCUT2D eigenvalue weighted by Crippen LogP contribution is 2.30. The quantitative estimate of drug-likeness (QED) is 0.468. The summed E-state index contributed by atoms with van der Waals surface area (Å²) in [6.45, 7) is 5.17. The van der Waals surface area contributed by atoms with E-state index in [1.807, 2.05) is 0 Å². The molecule has 0 bridgehead atoms. The second-order valence-corrected chi connectivity index (χ2v) is 9.33. The summed E-state index contributed by atoms with van der Waals surface area (Å²) >= 11 is 0. The highest BCUT2D eigenvalue weighted by molar-refractivity contribution is 5.93. The predicted molar refractivity (Wildman–Crippen MR) is 128 cm³/mol. The third-order valence-corrected chi connectivity index (χ3v) is 5.41. The van der Waals surface area contributed by atoms with Crippen LogP contribution >= 0.6 is 0 Å². The molecule has 3 aromatic rings. The Morgan fingerprint density at radius 1 is 1.03 bits per heavy atom. The zero-order valence-corrected chi connectivity index (χ0v) is 20.6. The summed E-state index contributed by atoms with van der Waals surface area (Å²) in [6, 6.07) is 9.09. The Morgan fingerprint density at radius 3 is 2.22 bits per heavy atom. The topological polar surface area (TPSA) is 107 Å². The number of methoxy groups -OCH3 is 1. The number of para-hydroxylation sites is 1. The van der Waals surface area contributed by atoms with Crippen LogP contribution in [0.25, 0.3) is 10.9 Å². The van der Waals surface area contributed by atoms with Crippen LogP contribution < -0.4 is 5.32 Å². The molecule has 0 aliphatic heterocycles. The lowest BCUT2D eigenvalue weighted by atomic mass is 10.0. The maximum atomic E-state index is 12.8. The van der Waals surface area contributed by atoms with Crippen molar-refractivity contribution >= 4 is 28.9 Å². The molecule has 0 saturated carbocycles. The number of carbonyl (C=O) groups excluding carboxylic acids is 3. The van der Waals surface area contributed by atoms with Crippen LogP contribution in [0.2, 0.25) is 0 Å². The van der Waals surface area contributed by atoms with Gasteiger partial charge in [-0.25, -0.2) is 9.59 Å². The zero-order chi connectivity index (χ0) is 27.5. The van der Waals surface area contributed by atoms with Gasteiger partial charge in [0.15, 0.2) is 6.10 Å².